The third kappa shape index (κ3) is 7.38. The lowest BCUT2D eigenvalue weighted by molar-refractivity contribution is -0.284. The summed E-state index contributed by atoms with van der Waals surface area (Å²) in [4.78, 5) is 0.0651. The van der Waals surface area contributed by atoms with E-state index in [-0.39, 0.29) is 40.0 Å². The van der Waals surface area contributed by atoms with Crippen molar-refractivity contribution in [3.05, 3.63) is 59.2 Å². The summed E-state index contributed by atoms with van der Waals surface area (Å²) in [6, 6.07) is 13.8. The molecular formula is C34H42BrF5O5S. The quantitative estimate of drug-likeness (QED) is 0.130. The molecule has 0 unspecified atom stereocenters. The van der Waals surface area contributed by atoms with Gasteiger partial charge in [0.25, 0.3) is 0 Å². The number of rotatable bonds is 12. The van der Waals surface area contributed by atoms with Gasteiger partial charge >= 0.3 is 12.1 Å². The van der Waals surface area contributed by atoms with E-state index in [0.29, 0.717) is 37.0 Å². The standard InChI is InChI=1S/C34H42BrF5O5S/c1-32-20-27(30-25-13-9-23(41)18-22(25)8-12-26(30)28(32)19-29(35)31(32)42)21-6-10-24(11-7-21)45-15-3-2-4-16-46(43,44)17-5-14-33(36,37)34(38,39)40/h6-7,9-11,13,18,26-31,41-42H,2-5,8,12,14-17,19-20H2,1H3/t26-,27+,28-,29+,30+,31-,32-/m0/s1. The molecule has 2 aromatic rings. The molecule has 7 atom stereocenters. The number of aromatic hydroxyl groups is 1. The number of unbranched alkanes of at least 4 members (excludes halogenated alkanes) is 2. The number of aliphatic hydroxyl groups excluding tert-OH is 1. The molecule has 3 aliphatic carbocycles. The third-order valence-electron chi connectivity index (χ3n) is 10.7. The van der Waals surface area contributed by atoms with Crippen molar-refractivity contribution in [1.82, 2.24) is 0 Å². The van der Waals surface area contributed by atoms with Crippen molar-refractivity contribution >= 4 is 25.8 Å². The van der Waals surface area contributed by atoms with Crippen LogP contribution in [0.2, 0.25) is 0 Å². The minimum atomic E-state index is -5.68. The molecule has 0 spiro atoms. The van der Waals surface area contributed by atoms with Gasteiger partial charge in [0.1, 0.15) is 21.3 Å². The fraction of sp³-hybridized carbons (Fsp3) is 0.647. The van der Waals surface area contributed by atoms with Crippen LogP contribution in [0.5, 0.6) is 11.5 Å². The van der Waals surface area contributed by atoms with E-state index in [2.05, 4.69) is 41.1 Å². The average molecular weight is 738 g/mol. The van der Waals surface area contributed by atoms with E-state index in [1.165, 1.54) is 16.7 Å². The summed E-state index contributed by atoms with van der Waals surface area (Å²) >= 11 is 3.76. The Hall–Kier alpha value is -1.92. The molecule has 0 saturated heterocycles. The van der Waals surface area contributed by atoms with Crippen LogP contribution < -0.4 is 4.74 Å². The van der Waals surface area contributed by atoms with Crippen molar-refractivity contribution in [2.45, 2.75) is 99.6 Å². The Bertz CT molecular complexity index is 1470. The number of aliphatic hydroxyl groups is 1. The normalized spacial score (nSPS) is 29.6. The Balaban J connectivity index is 1.15. The summed E-state index contributed by atoms with van der Waals surface area (Å²) in [6.07, 6.45) is -3.35. The zero-order valence-corrected chi connectivity index (χ0v) is 28.2. The zero-order valence-electron chi connectivity index (χ0n) is 25.8. The fourth-order valence-electron chi connectivity index (χ4n) is 8.33. The van der Waals surface area contributed by atoms with Crippen LogP contribution in [0.4, 0.5) is 22.0 Å². The summed E-state index contributed by atoms with van der Waals surface area (Å²) < 4.78 is 92.9. The minimum Gasteiger partial charge on any atom is -0.508 e. The number of ether oxygens (including phenoxy) is 1. The molecule has 0 aromatic heterocycles. The molecule has 0 amide bonds. The SMILES string of the molecule is C[C@]12C[C@H](c3ccc(OCCCCCS(=O)(=O)CCCC(F)(F)C(F)(F)F)cc3)[C@@H]3c4ccc(O)cc4CC[C@H]3[C@@H]1C[C@@H](Br)[C@@H]2O. The number of benzene rings is 2. The molecule has 0 aliphatic heterocycles. The van der Waals surface area contributed by atoms with E-state index < -0.39 is 46.6 Å². The first-order valence-corrected chi connectivity index (χ1v) is 18.8. The van der Waals surface area contributed by atoms with E-state index in [1.807, 2.05) is 18.2 Å². The van der Waals surface area contributed by atoms with Gasteiger partial charge in [0.05, 0.1) is 24.2 Å². The molecular weight excluding hydrogens is 695 g/mol. The Labute approximate surface area is 276 Å². The highest BCUT2D eigenvalue weighted by Crippen LogP contribution is 2.66. The lowest BCUT2D eigenvalue weighted by atomic mass is 9.51. The molecule has 2 aromatic carbocycles. The number of phenols is 1. The highest BCUT2D eigenvalue weighted by atomic mass is 79.9. The highest BCUT2D eigenvalue weighted by Gasteiger charge is 2.60. The van der Waals surface area contributed by atoms with Crippen LogP contribution in [-0.2, 0) is 16.3 Å². The summed E-state index contributed by atoms with van der Waals surface area (Å²) in [5.41, 5.74) is 3.44. The Morgan fingerprint density at radius 1 is 1.00 bits per heavy atom. The Morgan fingerprint density at radius 2 is 1.70 bits per heavy atom. The fourth-order valence-corrected chi connectivity index (χ4v) is 10.8. The maximum absolute atomic E-state index is 13.0. The maximum atomic E-state index is 13.0. The van der Waals surface area contributed by atoms with Gasteiger partial charge in [-0.2, -0.15) is 22.0 Å². The summed E-state index contributed by atoms with van der Waals surface area (Å²) in [5.74, 6) is -3.64. The molecule has 5 nitrogen and oxygen atoms in total. The average Bonchev–Trinajstić information content (AvgIpc) is 3.21. The van der Waals surface area contributed by atoms with Gasteiger partial charge in [-0.25, -0.2) is 8.42 Å². The lowest BCUT2D eigenvalue weighted by Gasteiger charge is -2.54. The van der Waals surface area contributed by atoms with E-state index in [4.69, 9.17) is 4.74 Å². The van der Waals surface area contributed by atoms with Gasteiger partial charge in [-0.1, -0.05) is 41.1 Å². The van der Waals surface area contributed by atoms with E-state index in [0.717, 1.165) is 25.7 Å². The van der Waals surface area contributed by atoms with E-state index in [1.54, 1.807) is 6.07 Å². The Kier molecular flexibility index (Phi) is 10.4. The number of fused-ring (bicyclic) bond motifs is 5. The molecule has 2 saturated carbocycles. The van der Waals surface area contributed by atoms with Crippen molar-refractivity contribution < 1.29 is 45.3 Å². The monoisotopic (exact) mass is 736 g/mol. The van der Waals surface area contributed by atoms with Crippen LogP contribution in [0, 0.1) is 17.3 Å². The molecule has 0 radical (unpaired) electrons. The number of hydrogen-bond donors (Lipinski definition) is 2. The van der Waals surface area contributed by atoms with Gasteiger partial charge in [0.15, 0.2) is 0 Å². The minimum absolute atomic E-state index is 0.0651. The van der Waals surface area contributed by atoms with Crippen LogP contribution >= 0.6 is 15.9 Å². The van der Waals surface area contributed by atoms with Crippen LogP contribution in [-0.4, -0.2) is 59.8 Å². The zero-order chi connectivity index (χ0) is 33.5. The maximum Gasteiger partial charge on any atom is 0.453 e. The molecule has 2 fully saturated rings. The summed E-state index contributed by atoms with van der Waals surface area (Å²) in [7, 11) is -3.72. The first-order chi connectivity index (χ1) is 21.5. The van der Waals surface area contributed by atoms with Gasteiger partial charge < -0.3 is 14.9 Å². The number of hydrogen-bond acceptors (Lipinski definition) is 5. The predicted molar refractivity (Wildman–Crippen MR) is 170 cm³/mol. The van der Waals surface area contributed by atoms with E-state index in [9.17, 15) is 40.6 Å². The number of phenolic OH excluding ortho intramolecular Hbond substituents is 1. The van der Waals surface area contributed by atoms with Crippen molar-refractivity contribution in [2.75, 3.05) is 18.1 Å². The molecule has 256 valence electrons. The lowest BCUT2D eigenvalue weighted by Crippen LogP contribution is -2.47. The van der Waals surface area contributed by atoms with Gasteiger partial charge in [-0.15, -0.1) is 0 Å². The summed E-state index contributed by atoms with van der Waals surface area (Å²) in [6.45, 7) is 2.58. The number of halogens is 6. The second-order valence-corrected chi connectivity index (χ2v) is 17.1. The second kappa shape index (κ2) is 13.5. The van der Waals surface area contributed by atoms with Crippen LogP contribution in [0.1, 0.15) is 86.8 Å². The van der Waals surface area contributed by atoms with Crippen molar-refractivity contribution in [2.24, 2.45) is 17.3 Å². The molecule has 3 aliphatic rings. The molecule has 0 heterocycles. The van der Waals surface area contributed by atoms with Crippen molar-refractivity contribution in [3.8, 4) is 11.5 Å². The second-order valence-electron chi connectivity index (χ2n) is 13.7. The van der Waals surface area contributed by atoms with Crippen LogP contribution in [0.3, 0.4) is 0 Å². The first-order valence-electron chi connectivity index (χ1n) is 16.0. The summed E-state index contributed by atoms with van der Waals surface area (Å²) in [5, 5.41) is 21.4. The Morgan fingerprint density at radius 3 is 2.39 bits per heavy atom. The molecule has 12 heteroatoms. The first kappa shape index (κ1) is 35.4. The topological polar surface area (TPSA) is 83.8 Å². The highest BCUT2D eigenvalue weighted by molar-refractivity contribution is 9.09. The number of sulfone groups is 1. The van der Waals surface area contributed by atoms with Crippen LogP contribution in [0.25, 0.3) is 0 Å². The van der Waals surface area contributed by atoms with Crippen molar-refractivity contribution in [1.29, 1.82) is 0 Å². The predicted octanol–water partition coefficient (Wildman–Crippen LogP) is 8.32. The largest absolute Gasteiger partial charge is 0.508 e. The van der Waals surface area contributed by atoms with Crippen molar-refractivity contribution in [3.63, 3.8) is 0 Å². The number of aryl methyl sites for hydroxylation is 1. The van der Waals surface area contributed by atoms with Gasteiger partial charge in [0, 0.05) is 11.2 Å². The van der Waals surface area contributed by atoms with Gasteiger partial charge in [0.2, 0.25) is 0 Å². The molecule has 5 rings (SSSR count). The van der Waals surface area contributed by atoms with Gasteiger partial charge in [-0.3, -0.25) is 0 Å². The van der Waals surface area contributed by atoms with Gasteiger partial charge in [-0.05, 0) is 121 Å². The third-order valence-corrected chi connectivity index (χ3v) is 13.4. The molecule has 2 N–H and O–H groups in total. The smallest absolute Gasteiger partial charge is 0.453 e. The molecule has 46 heavy (non-hydrogen) atoms. The van der Waals surface area contributed by atoms with E-state index >= 15 is 0 Å². The number of alkyl halides is 6. The van der Waals surface area contributed by atoms with Crippen LogP contribution in [0.15, 0.2) is 42.5 Å². The molecule has 0 bridgehead atoms.